The fraction of sp³-hybridized carbons (Fsp3) is 0.600. The molecule has 0 radical (unpaired) electrons. The van der Waals surface area contributed by atoms with Crippen LogP contribution in [0.4, 0.5) is 5.82 Å². The molecular formula is C10H15N5O. The second-order valence-corrected chi connectivity index (χ2v) is 4.42. The van der Waals surface area contributed by atoms with Gasteiger partial charge < -0.3 is 16.4 Å². The van der Waals surface area contributed by atoms with E-state index in [9.17, 15) is 4.79 Å². The monoisotopic (exact) mass is 221 g/mol. The van der Waals surface area contributed by atoms with Gasteiger partial charge in [0.05, 0.1) is 12.2 Å². The molecule has 3 rings (SSSR count). The van der Waals surface area contributed by atoms with Crippen molar-refractivity contribution in [1.29, 1.82) is 0 Å². The lowest BCUT2D eigenvalue weighted by molar-refractivity contribution is 0.100. The molecule has 2 atom stereocenters. The first-order valence-corrected chi connectivity index (χ1v) is 5.59. The van der Waals surface area contributed by atoms with Crippen LogP contribution in [-0.2, 0) is 0 Å². The van der Waals surface area contributed by atoms with E-state index in [2.05, 4.69) is 15.7 Å². The van der Waals surface area contributed by atoms with Crippen LogP contribution in [0.5, 0.6) is 0 Å². The fourth-order valence-corrected chi connectivity index (χ4v) is 2.64. The number of amides is 1. The Morgan fingerprint density at radius 3 is 3.25 bits per heavy atom. The number of rotatable bonds is 1. The number of hydrogen-bond donors (Lipinski definition) is 3. The largest absolute Gasteiger partial charge is 0.369 e. The van der Waals surface area contributed by atoms with Crippen molar-refractivity contribution in [2.24, 2.45) is 11.7 Å². The van der Waals surface area contributed by atoms with Gasteiger partial charge >= 0.3 is 0 Å². The van der Waals surface area contributed by atoms with Gasteiger partial charge in [-0.25, -0.2) is 4.68 Å². The average Bonchev–Trinajstić information content (AvgIpc) is 2.73. The molecule has 1 aromatic rings. The van der Waals surface area contributed by atoms with Gasteiger partial charge in [-0.05, 0) is 13.0 Å². The SMILES string of the molecule is NC(=O)c1cnn2c1NCC1CNCCC12. The molecule has 0 aliphatic carbocycles. The van der Waals surface area contributed by atoms with Gasteiger partial charge in [0.25, 0.3) is 5.91 Å². The Balaban J connectivity index is 2.00. The van der Waals surface area contributed by atoms with Crippen molar-refractivity contribution in [2.45, 2.75) is 12.5 Å². The van der Waals surface area contributed by atoms with Crippen LogP contribution in [0.2, 0.25) is 0 Å². The molecule has 16 heavy (non-hydrogen) atoms. The summed E-state index contributed by atoms with van der Waals surface area (Å²) in [5.74, 6) is 0.915. The van der Waals surface area contributed by atoms with E-state index >= 15 is 0 Å². The molecule has 2 unspecified atom stereocenters. The predicted molar refractivity (Wildman–Crippen MR) is 59.2 cm³/mol. The van der Waals surface area contributed by atoms with E-state index in [1.54, 1.807) is 6.20 Å². The van der Waals surface area contributed by atoms with Gasteiger partial charge in [0, 0.05) is 19.0 Å². The Morgan fingerprint density at radius 1 is 1.56 bits per heavy atom. The highest BCUT2D eigenvalue weighted by molar-refractivity contribution is 5.97. The minimum atomic E-state index is -0.416. The summed E-state index contributed by atoms with van der Waals surface area (Å²) >= 11 is 0. The van der Waals surface area contributed by atoms with Crippen LogP contribution in [0.15, 0.2) is 6.20 Å². The van der Waals surface area contributed by atoms with Crippen molar-refractivity contribution < 1.29 is 4.79 Å². The highest BCUT2D eigenvalue weighted by Gasteiger charge is 2.33. The van der Waals surface area contributed by atoms with Crippen LogP contribution >= 0.6 is 0 Å². The number of carbonyl (C=O) groups is 1. The Kier molecular flexibility index (Phi) is 2.10. The van der Waals surface area contributed by atoms with Crippen LogP contribution in [-0.4, -0.2) is 35.3 Å². The molecule has 1 amide bonds. The van der Waals surface area contributed by atoms with E-state index in [1.807, 2.05) is 4.68 Å². The molecule has 0 saturated carbocycles. The molecule has 0 aromatic carbocycles. The van der Waals surface area contributed by atoms with Crippen molar-refractivity contribution in [3.05, 3.63) is 11.8 Å². The van der Waals surface area contributed by atoms with Crippen LogP contribution < -0.4 is 16.4 Å². The summed E-state index contributed by atoms with van der Waals surface area (Å²) in [6, 6.07) is 0.394. The summed E-state index contributed by atoms with van der Waals surface area (Å²) in [6.45, 7) is 2.89. The fourth-order valence-electron chi connectivity index (χ4n) is 2.64. The van der Waals surface area contributed by atoms with Crippen molar-refractivity contribution in [1.82, 2.24) is 15.1 Å². The molecule has 2 aliphatic heterocycles. The predicted octanol–water partition coefficient (Wildman–Crippen LogP) is -0.442. The minimum Gasteiger partial charge on any atom is -0.369 e. The van der Waals surface area contributed by atoms with Gasteiger partial charge in [-0.15, -0.1) is 0 Å². The number of piperidine rings is 1. The standard InChI is InChI=1S/C10H15N5O/c11-9(16)7-5-14-15-8-1-2-12-3-6(8)4-13-10(7)15/h5-6,8,12-13H,1-4H2,(H2,11,16). The summed E-state index contributed by atoms with van der Waals surface area (Å²) in [7, 11) is 0. The van der Waals surface area contributed by atoms with E-state index in [1.165, 1.54) is 0 Å². The maximum absolute atomic E-state index is 11.2. The molecule has 1 fully saturated rings. The molecule has 86 valence electrons. The zero-order chi connectivity index (χ0) is 11.1. The topological polar surface area (TPSA) is 85.0 Å². The molecular weight excluding hydrogens is 206 g/mol. The Labute approximate surface area is 93.2 Å². The maximum atomic E-state index is 11.2. The highest BCUT2D eigenvalue weighted by atomic mass is 16.1. The third-order valence-electron chi connectivity index (χ3n) is 3.47. The van der Waals surface area contributed by atoms with Crippen molar-refractivity contribution in [3.8, 4) is 0 Å². The Bertz CT molecular complexity index is 427. The number of aromatic nitrogens is 2. The van der Waals surface area contributed by atoms with Crippen LogP contribution in [0.3, 0.4) is 0 Å². The average molecular weight is 221 g/mol. The van der Waals surface area contributed by atoms with Gasteiger partial charge in [-0.1, -0.05) is 0 Å². The normalized spacial score (nSPS) is 27.8. The third-order valence-corrected chi connectivity index (χ3v) is 3.47. The summed E-state index contributed by atoms with van der Waals surface area (Å²) in [5.41, 5.74) is 5.80. The van der Waals surface area contributed by atoms with Gasteiger partial charge in [0.2, 0.25) is 0 Å². The molecule has 2 aliphatic rings. The molecule has 1 saturated heterocycles. The van der Waals surface area contributed by atoms with E-state index in [0.717, 1.165) is 31.9 Å². The molecule has 6 heteroatoms. The second kappa shape index (κ2) is 3.48. The first-order valence-electron chi connectivity index (χ1n) is 5.59. The lowest BCUT2D eigenvalue weighted by Gasteiger charge is -2.37. The van der Waals surface area contributed by atoms with E-state index in [4.69, 9.17) is 5.73 Å². The number of primary amides is 1. The molecule has 1 aromatic heterocycles. The van der Waals surface area contributed by atoms with Gasteiger partial charge in [0.1, 0.15) is 11.4 Å². The first-order chi connectivity index (χ1) is 7.77. The van der Waals surface area contributed by atoms with E-state index < -0.39 is 5.91 Å². The van der Waals surface area contributed by atoms with E-state index in [-0.39, 0.29) is 0 Å². The lowest BCUT2D eigenvalue weighted by Crippen LogP contribution is -2.44. The van der Waals surface area contributed by atoms with Crippen molar-refractivity contribution in [2.75, 3.05) is 25.0 Å². The van der Waals surface area contributed by atoms with Crippen LogP contribution in [0.1, 0.15) is 22.8 Å². The van der Waals surface area contributed by atoms with Gasteiger partial charge in [0.15, 0.2) is 0 Å². The number of nitrogens with one attached hydrogen (secondary N) is 2. The number of fused-ring (bicyclic) bond motifs is 3. The molecule has 4 N–H and O–H groups in total. The van der Waals surface area contributed by atoms with Crippen molar-refractivity contribution in [3.63, 3.8) is 0 Å². The maximum Gasteiger partial charge on any atom is 0.254 e. The zero-order valence-corrected chi connectivity index (χ0v) is 8.94. The number of nitrogens with zero attached hydrogens (tertiary/aromatic N) is 2. The molecule has 6 nitrogen and oxygen atoms in total. The van der Waals surface area contributed by atoms with Crippen LogP contribution in [0.25, 0.3) is 0 Å². The van der Waals surface area contributed by atoms with E-state index in [0.29, 0.717) is 17.5 Å². The first kappa shape index (κ1) is 9.65. The van der Waals surface area contributed by atoms with Gasteiger partial charge in [-0.3, -0.25) is 4.79 Å². The Hall–Kier alpha value is -1.56. The van der Waals surface area contributed by atoms with Crippen LogP contribution in [0, 0.1) is 5.92 Å². The second-order valence-electron chi connectivity index (χ2n) is 4.42. The van der Waals surface area contributed by atoms with Crippen molar-refractivity contribution >= 4 is 11.7 Å². The Morgan fingerprint density at radius 2 is 2.44 bits per heavy atom. The number of anilines is 1. The quantitative estimate of drug-likeness (QED) is 0.600. The third kappa shape index (κ3) is 1.30. The number of carbonyl (C=O) groups excluding carboxylic acids is 1. The zero-order valence-electron chi connectivity index (χ0n) is 8.94. The molecule has 0 bridgehead atoms. The van der Waals surface area contributed by atoms with Gasteiger partial charge in [-0.2, -0.15) is 5.10 Å². The lowest BCUT2D eigenvalue weighted by atomic mass is 9.92. The minimum absolute atomic E-state index is 0.394. The number of nitrogens with two attached hydrogens (primary N) is 1. The molecule has 3 heterocycles. The smallest absolute Gasteiger partial charge is 0.254 e. The summed E-state index contributed by atoms with van der Waals surface area (Å²) in [5, 5.41) is 10.9. The summed E-state index contributed by atoms with van der Waals surface area (Å²) < 4.78 is 1.93. The highest BCUT2D eigenvalue weighted by Crippen LogP contribution is 2.33. The summed E-state index contributed by atoms with van der Waals surface area (Å²) in [4.78, 5) is 11.2. The molecule has 0 spiro atoms. The number of hydrogen-bond acceptors (Lipinski definition) is 4. The summed E-state index contributed by atoms with van der Waals surface area (Å²) in [6.07, 6.45) is 2.62.